The fourth-order valence-electron chi connectivity index (χ4n) is 1.94. The average molecular weight is 342 g/mol. The van der Waals surface area contributed by atoms with Crippen molar-refractivity contribution >= 4 is 15.9 Å². The van der Waals surface area contributed by atoms with E-state index >= 15 is 0 Å². The molecule has 0 fully saturated rings. The van der Waals surface area contributed by atoms with Crippen molar-refractivity contribution in [2.45, 2.75) is 25.8 Å². The van der Waals surface area contributed by atoms with Crippen LogP contribution in [0, 0.1) is 5.82 Å². The van der Waals surface area contributed by atoms with E-state index in [1.54, 1.807) is 13.1 Å². The Labute approximate surface area is 125 Å². The normalized spacial score (nSPS) is 12.6. The maximum Gasteiger partial charge on any atom is 0.176 e. The average Bonchev–Trinajstić information content (AvgIpc) is 2.83. The number of nitrogens with zero attached hydrogens (tertiary/aromatic N) is 4. The van der Waals surface area contributed by atoms with E-state index in [-0.39, 0.29) is 11.9 Å². The minimum absolute atomic E-state index is 0.0262. The first-order valence-corrected chi connectivity index (χ1v) is 7.30. The highest BCUT2D eigenvalue weighted by Gasteiger charge is 2.16. The molecule has 1 N–H and O–H groups in total. The molecule has 0 radical (unpaired) electrons. The van der Waals surface area contributed by atoms with Crippen LogP contribution in [-0.2, 0) is 13.5 Å². The van der Waals surface area contributed by atoms with Gasteiger partial charge in [0.2, 0.25) is 0 Å². The predicted molar refractivity (Wildman–Crippen MR) is 77.6 cm³/mol. The third-order valence-corrected chi connectivity index (χ3v) is 3.57. The molecule has 0 saturated heterocycles. The van der Waals surface area contributed by atoms with E-state index in [9.17, 15) is 4.39 Å². The van der Waals surface area contributed by atoms with E-state index in [0.29, 0.717) is 16.7 Å². The number of rotatable bonds is 6. The molecule has 1 aromatic heterocycles. The van der Waals surface area contributed by atoms with E-state index in [1.807, 2.05) is 6.07 Å². The van der Waals surface area contributed by atoms with Gasteiger partial charge in [0.1, 0.15) is 5.82 Å². The molecule has 20 heavy (non-hydrogen) atoms. The zero-order valence-electron chi connectivity index (χ0n) is 11.5. The van der Waals surface area contributed by atoms with E-state index in [1.165, 1.54) is 10.9 Å². The van der Waals surface area contributed by atoms with Gasteiger partial charge in [-0.15, -0.1) is 10.2 Å². The third-order valence-electron chi connectivity index (χ3n) is 2.92. The third kappa shape index (κ3) is 3.83. The molecule has 1 heterocycles. The highest BCUT2D eigenvalue weighted by atomic mass is 79.9. The zero-order chi connectivity index (χ0) is 14.5. The first kappa shape index (κ1) is 15.1. The van der Waals surface area contributed by atoms with Gasteiger partial charge in [-0.25, -0.2) is 4.39 Å². The summed E-state index contributed by atoms with van der Waals surface area (Å²) in [6, 6.07) is 5.13. The second kappa shape index (κ2) is 6.90. The van der Waals surface area contributed by atoms with Crippen molar-refractivity contribution in [1.82, 2.24) is 25.5 Å². The number of halogens is 2. The van der Waals surface area contributed by atoms with E-state index in [0.717, 1.165) is 18.5 Å². The minimum atomic E-state index is -0.266. The Bertz CT molecular complexity index is 572. The molecule has 1 unspecified atom stereocenters. The molecule has 5 nitrogen and oxygen atoms in total. The molecular formula is C13H17BrFN5. The molecule has 1 aromatic carbocycles. The molecule has 108 valence electrons. The summed E-state index contributed by atoms with van der Waals surface area (Å²) in [4.78, 5) is 1.42. The van der Waals surface area contributed by atoms with Crippen LogP contribution in [0.4, 0.5) is 4.39 Å². The predicted octanol–water partition coefficient (Wildman–Crippen LogP) is 2.40. The summed E-state index contributed by atoms with van der Waals surface area (Å²) < 4.78 is 14.1. The topological polar surface area (TPSA) is 55.6 Å². The van der Waals surface area contributed by atoms with Gasteiger partial charge in [-0.05, 0) is 51.8 Å². The van der Waals surface area contributed by atoms with Crippen LogP contribution in [0.15, 0.2) is 22.7 Å². The molecule has 0 aliphatic rings. The van der Waals surface area contributed by atoms with Gasteiger partial charge in [-0.3, -0.25) is 0 Å². The van der Waals surface area contributed by atoms with E-state index in [2.05, 4.69) is 43.6 Å². The van der Waals surface area contributed by atoms with Gasteiger partial charge >= 0.3 is 0 Å². The summed E-state index contributed by atoms with van der Waals surface area (Å²) in [6.07, 6.45) is 1.58. The van der Waals surface area contributed by atoms with Crippen molar-refractivity contribution in [3.05, 3.63) is 39.9 Å². The van der Waals surface area contributed by atoms with Crippen LogP contribution in [0.5, 0.6) is 0 Å². The molecule has 0 aliphatic heterocycles. The zero-order valence-corrected chi connectivity index (χ0v) is 13.1. The number of hydrogen-bond donors (Lipinski definition) is 1. The van der Waals surface area contributed by atoms with Crippen molar-refractivity contribution in [3.8, 4) is 0 Å². The highest BCUT2D eigenvalue weighted by molar-refractivity contribution is 9.10. The molecule has 0 bridgehead atoms. The molecule has 2 rings (SSSR count). The lowest BCUT2D eigenvalue weighted by Crippen LogP contribution is -2.24. The maximum atomic E-state index is 13.7. The Kier molecular flexibility index (Phi) is 5.19. The van der Waals surface area contributed by atoms with Gasteiger partial charge in [0, 0.05) is 12.5 Å². The van der Waals surface area contributed by atoms with Crippen LogP contribution in [0.3, 0.4) is 0 Å². The molecule has 0 spiro atoms. The molecule has 0 aliphatic carbocycles. The monoisotopic (exact) mass is 341 g/mol. The van der Waals surface area contributed by atoms with Crippen molar-refractivity contribution in [2.24, 2.45) is 7.05 Å². The minimum Gasteiger partial charge on any atom is -0.310 e. The van der Waals surface area contributed by atoms with E-state index < -0.39 is 0 Å². The Morgan fingerprint density at radius 2 is 2.25 bits per heavy atom. The van der Waals surface area contributed by atoms with Gasteiger partial charge in [-0.2, -0.15) is 4.80 Å². The maximum absolute atomic E-state index is 13.7. The Balaban J connectivity index is 2.19. The molecule has 0 saturated carbocycles. The fourth-order valence-corrected chi connectivity index (χ4v) is 2.19. The largest absolute Gasteiger partial charge is 0.310 e. The molecule has 0 amide bonds. The number of tetrazole rings is 1. The standard InChI is InChI=1S/C13H17BrFN5/c1-3-6-16-12(8-13-17-19-20(2)18-13)9-4-5-10(14)11(15)7-9/h4-5,7,12,16H,3,6,8H2,1-2H3. The Morgan fingerprint density at radius 1 is 1.45 bits per heavy atom. The quantitative estimate of drug-likeness (QED) is 0.876. The Morgan fingerprint density at radius 3 is 2.85 bits per heavy atom. The molecule has 7 heteroatoms. The number of aromatic nitrogens is 4. The summed E-state index contributed by atoms with van der Waals surface area (Å²) in [5, 5.41) is 15.4. The van der Waals surface area contributed by atoms with Crippen LogP contribution >= 0.6 is 15.9 Å². The van der Waals surface area contributed by atoms with Crippen LogP contribution < -0.4 is 5.32 Å². The summed E-state index contributed by atoms with van der Waals surface area (Å²) in [7, 11) is 1.73. The number of benzene rings is 1. The van der Waals surface area contributed by atoms with Crippen molar-refractivity contribution in [2.75, 3.05) is 6.54 Å². The van der Waals surface area contributed by atoms with Crippen molar-refractivity contribution in [1.29, 1.82) is 0 Å². The first-order valence-electron chi connectivity index (χ1n) is 6.51. The first-order chi connectivity index (χ1) is 9.60. The number of aryl methyl sites for hydroxylation is 1. The lowest BCUT2D eigenvalue weighted by molar-refractivity contribution is 0.512. The molecular weight excluding hydrogens is 325 g/mol. The van der Waals surface area contributed by atoms with Gasteiger partial charge in [0.25, 0.3) is 0 Å². The lowest BCUT2D eigenvalue weighted by Gasteiger charge is -2.17. The van der Waals surface area contributed by atoms with Crippen molar-refractivity contribution in [3.63, 3.8) is 0 Å². The summed E-state index contributed by atoms with van der Waals surface area (Å²) in [5.41, 5.74) is 0.881. The van der Waals surface area contributed by atoms with Gasteiger partial charge in [0.05, 0.1) is 11.5 Å². The SMILES string of the molecule is CCCNC(Cc1nnn(C)n1)c1ccc(Br)c(F)c1. The second-order valence-electron chi connectivity index (χ2n) is 4.58. The van der Waals surface area contributed by atoms with Gasteiger partial charge in [0.15, 0.2) is 5.82 Å². The highest BCUT2D eigenvalue weighted by Crippen LogP contribution is 2.22. The Hall–Kier alpha value is -1.34. The van der Waals surface area contributed by atoms with Crippen LogP contribution in [0.2, 0.25) is 0 Å². The second-order valence-corrected chi connectivity index (χ2v) is 5.43. The molecule has 1 atom stereocenters. The van der Waals surface area contributed by atoms with Gasteiger partial charge in [-0.1, -0.05) is 13.0 Å². The number of hydrogen-bond acceptors (Lipinski definition) is 4. The van der Waals surface area contributed by atoms with Gasteiger partial charge < -0.3 is 5.32 Å². The summed E-state index contributed by atoms with van der Waals surface area (Å²) in [6.45, 7) is 2.94. The van der Waals surface area contributed by atoms with Crippen molar-refractivity contribution < 1.29 is 4.39 Å². The lowest BCUT2D eigenvalue weighted by atomic mass is 10.0. The number of nitrogens with one attached hydrogen (secondary N) is 1. The summed E-state index contributed by atoms with van der Waals surface area (Å²) in [5.74, 6) is 0.377. The van der Waals surface area contributed by atoms with Crippen LogP contribution in [-0.4, -0.2) is 26.8 Å². The smallest absolute Gasteiger partial charge is 0.176 e. The van der Waals surface area contributed by atoms with Crippen LogP contribution in [0.1, 0.15) is 30.8 Å². The molecule has 2 aromatic rings. The van der Waals surface area contributed by atoms with Crippen LogP contribution in [0.25, 0.3) is 0 Å². The van der Waals surface area contributed by atoms with E-state index in [4.69, 9.17) is 0 Å². The summed E-state index contributed by atoms with van der Waals surface area (Å²) >= 11 is 3.17. The fraction of sp³-hybridized carbons (Fsp3) is 0.462.